The zero-order valence-corrected chi connectivity index (χ0v) is 17.5. The van der Waals surface area contributed by atoms with E-state index in [2.05, 4.69) is 10.6 Å². The third-order valence-corrected chi connectivity index (χ3v) is 5.75. The normalized spacial score (nSPS) is 15.8. The minimum absolute atomic E-state index is 0.140. The Morgan fingerprint density at radius 2 is 1.77 bits per heavy atom. The largest absolute Gasteiger partial charge is 0.357 e. The van der Waals surface area contributed by atoms with E-state index in [1.165, 1.54) is 0 Å². The first kappa shape index (κ1) is 20.7. The van der Waals surface area contributed by atoms with Gasteiger partial charge in [-0.2, -0.15) is 0 Å². The van der Waals surface area contributed by atoms with Crippen LogP contribution in [0, 0.1) is 0 Å². The third-order valence-electron chi connectivity index (χ3n) is 5.75. The lowest BCUT2D eigenvalue weighted by molar-refractivity contribution is -0.137. The molecule has 1 atom stereocenters. The van der Waals surface area contributed by atoms with Crippen LogP contribution >= 0.6 is 0 Å². The smallest absolute Gasteiger partial charge is 0.268 e. The highest BCUT2D eigenvalue weighted by Crippen LogP contribution is 2.22. The van der Waals surface area contributed by atoms with Gasteiger partial charge in [-0.25, -0.2) is 0 Å². The number of rotatable bonds is 6. The number of amides is 3. The molecule has 0 saturated carbocycles. The number of likely N-dealkylation sites (N-methyl/N-ethyl adjacent to an activating group) is 1. The summed E-state index contributed by atoms with van der Waals surface area (Å²) in [6.45, 7) is 0.941. The molecule has 160 valence electrons. The van der Waals surface area contributed by atoms with Crippen molar-refractivity contribution in [2.75, 3.05) is 20.1 Å². The molecular formula is C24H26N4O3. The Kier molecular flexibility index (Phi) is 6.02. The average molecular weight is 418 g/mol. The SMILES string of the molecule is CNC(=O)C1CCCN1C(=O)CNC(=O)c1cc2ccccc2n1Cc1ccccc1. The summed E-state index contributed by atoms with van der Waals surface area (Å²) in [6.07, 6.45) is 1.42. The van der Waals surface area contributed by atoms with Gasteiger partial charge in [-0.05, 0) is 30.5 Å². The van der Waals surface area contributed by atoms with Crippen LogP contribution in [0.2, 0.25) is 0 Å². The van der Waals surface area contributed by atoms with Gasteiger partial charge in [0, 0.05) is 31.0 Å². The van der Waals surface area contributed by atoms with Gasteiger partial charge < -0.3 is 20.1 Å². The van der Waals surface area contributed by atoms with Crippen molar-refractivity contribution in [2.24, 2.45) is 0 Å². The molecule has 0 bridgehead atoms. The van der Waals surface area contributed by atoms with E-state index in [1.807, 2.05) is 65.2 Å². The van der Waals surface area contributed by atoms with Crippen LogP contribution in [0.25, 0.3) is 10.9 Å². The molecule has 1 aliphatic rings. The highest BCUT2D eigenvalue weighted by molar-refractivity contribution is 6.00. The summed E-state index contributed by atoms with van der Waals surface area (Å²) < 4.78 is 1.97. The van der Waals surface area contributed by atoms with Gasteiger partial charge in [0.1, 0.15) is 11.7 Å². The zero-order chi connectivity index (χ0) is 21.8. The van der Waals surface area contributed by atoms with Crippen LogP contribution in [0.1, 0.15) is 28.9 Å². The maximum atomic E-state index is 13.0. The molecule has 0 spiro atoms. The van der Waals surface area contributed by atoms with Crippen LogP contribution in [0.5, 0.6) is 0 Å². The number of hydrogen-bond donors (Lipinski definition) is 2. The molecule has 1 aromatic heterocycles. The lowest BCUT2D eigenvalue weighted by Gasteiger charge is -2.23. The molecule has 1 fully saturated rings. The molecule has 2 aromatic carbocycles. The predicted molar refractivity (Wildman–Crippen MR) is 119 cm³/mol. The van der Waals surface area contributed by atoms with Gasteiger partial charge in [-0.1, -0.05) is 48.5 Å². The maximum absolute atomic E-state index is 13.0. The van der Waals surface area contributed by atoms with E-state index in [0.29, 0.717) is 25.2 Å². The van der Waals surface area contributed by atoms with Gasteiger partial charge in [0.15, 0.2) is 0 Å². The predicted octanol–water partition coefficient (Wildman–Crippen LogP) is 2.16. The molecule has 31 heavy (non-hydrogen) atoms. The lowest BCUT2D eigenvalue weighted by atomic mass is 10.2. The monoisotopic (exact) mass is 418 g/mol. The van der Waals surface area contributed by atoms with Crippen molar-refractivity contribution in [1.29, 1.82) is 0 Å². The second kappa shape index (κ2) is 9.04. The van der Waals surface area contributed by atoms with Crippen LogP contribution in [-0.4, -0.2) is 53.4 Å². The quantitative estimate of drug-likeness (QED) is 0.644. The molecule has 0 aliphatic carbocycles. The number of nitrogens with zero attached hydrogens (tertiary/aromatic N) is 2. The van der Waals surface area contributed by atoms with Gasteiger partial charge in [0.05, 0.1) is 6.54 Å². The van der Waals surface area contributed by atoms with Gasteiger partial charge in [-0.3, -0.25) is 14.4 Å². The molecular weight excluding hydrogens is 392 g/mol. The number of aromatic nitrogens is 1. The standard InChI is InChI=1S/C24H26N4O3/c1-25-23(30)20-12-7-13-27(20)22(29)15-26-24(31)21-14-18-10-5-6-11-19(18)28(21)16-17-8-3-2-4-9-17/h2-6,8-11,14,20H,7,12-13,15-16H2,1H3,(H,25,30)(H,26,31). The minimum atomic E-state index is -0.459. The van der Waals surface area contributed by atoms with E-state index in [0.717, 1.165) is 22.9 Å². The van der Waals surface area contributed by atoms with Crippen molar-refractivity contribution >= 4 is 28.6 Å². The molecule has 7 heteroatoms. The van der Waals surface area contributed by atoms with Crippen LogP contribution < -0.4 is 10.6 Å². The fourth-order valence-electron chi connectivity index (χ4n) is 4.19. The summed E-state index contributed by atoms with van der Waals surface area (Å²) in [5, 5.41) is 6.33. The number of carbonyl (C=O) groups excluding carboxylic acids is 3. The van der Waals surface area contributed by atoms with Crippen LogP contribution in [0.3, 0.4) is 0 Å². The number of carbonyl (C=O) groups is 3. The van der Waals surface area contributed by atoms with E-state index >= 15 is 0 Å². The summed E-state index contributed by atoms with van der Waals surface area (Å²) >= 11 is 0. The lowest BCUT2D eigenvalue weighted by Crippen LogP contribution is -2.48. The van der Waals surface area contributed by atoms with E-state index in [1.54, 1.807) is 11.9 Å². The van der Waals surface area contributed by atoms with Crippen molar-refractivity contribution in [3.8, 4) is 0 Å². The first-order valence-corrected chi connectivity index (χ1v) is 10.5. The van der Waals surface area contributed by atoms with Crippen molar-refractivity contribution < 1.29 is 14.4 Å². The molecule has 1 aliphatic heterocycles. The van der Waals surface area contributed by atoms with E-state index in [4.69, 9.17) is 0 Å². The molecule has 7 nitrogen and oxygen atoms in total. The number of hydrogen-bond acceptors (Lipinski definition) is 3. The fraction of sp³-hybridized carbons (Fsp3) is 0.292. The topological polar surface area (TPSA) is 83.4 Å². The Morgan fingerprint density at radius 1 is 1.03 bits per heavy atom. The van der Waals surface area contributed by atoms with Crippen LogP contribution in [0.15, 0.2) is 60.7 Å². The van der Waals surface area contributed by atoms with E-state index < -0.39 is 6.04 Å². The van der Waals surface area contributed by atoms with Crippen molar-refractivity contribution in [3.63, 3.8) is 0 Å². The summed E-state index contributed by atoms with van der Waals surface area (Å²) in [7, 11) is 1.57. The van der Waals surface area contributed by atoms with E-state index in [-0.39, 0.29) is 24.3 Å². The Labute approximate surface area is 181 Å². The van der Waals surface area contributed by atoms with Crippen molar-refractivity contribution in [2.45, 2.75) is 25.4 Å². The molecule has 3 aromatic rings. The van der Waals surface area contributed by atoms with Gasteiger partial charge in [0.2, 0.25) is 11.8 Å². The van der Waals surface area contributed by atoms with Crippen LogP contribution in [0.4, 0.5) is 0 Å². The molecule has 1 saturated heterocycles. The first-order valence-electron chi connectivity index (χ1n) is 10.5. The second-order valence-electron chi connectivity index (χ2n) is 7.70. The minimum Gasteiger partial charge on any atom is -0.357 e. The van der Waals surface area contributed by atoms with Crippen molar-refractivity contribution in [3.05, 3.63) is 71.9 Å². The summed E-state index contributed by atoms with van der Waals surface area (Å²) in [5.41, 5.74) is 2.55. The second-order valence-corrected chi connectivity index (χ2v) is 7.70. The Balaban J connectivity index is 1.52. The number of benzene rings is 2. The first-order chi connectivity index (χ1) is 15.1. The van der Waals surface area contributed by atoms with Gasteiger partial charge >= 0.3 is 0 Å². The van der Waals surface area contributed by atoms with E-state index in [9.17, 15) is 14.4 Å². The average Bonchev–Trinajstić information content (AvgIpc) is 3.43. The Bertz CT molecular complexity index is 1110. The summed E-state index contributed by atoms with van der Waals surface area (Å²) in [6, 6.07) is 19.2. The molecule has 0 radical (unpaired) electrons. The highest BCUT2D eigenvalue weighted by Gasteiger charge is 2.33. The third kappa shape index (κ3) is 4.30. The zero-order valence-electron chi connectivity index (χ0n) is 17.5. The molecule has 1 unspecified atom stereocenters. The van der Waals surface area contributed by atoms with Crippen molar-refractivity contribution in [1.82, 2.24) is 20.1 Å². The fourth-order valence-corrected chi connectivity index (χ4v) is 4.19. The Morgan fingerprint density at radius 3 is 2.55 bits per heavy atom. The molecule has 3 amide bonds. The highest BCUT2D eigenvalue weighted by atomic mass is 16.2. The molecule has 2 N–H and O–H groups in total. The summed E-state index contributed by atoms with van der Waals surface area (Å²) in [4.78, 5) is 39.3. The summed E-state index contributed by atoms with van der Waals surface area (Å²) in [5.74, 6) is -0.721. The number of fused-ring (bicyclic) bond motifs is 1. The van der Waals surface area contributed by atoms with Crippen LogP contribution in [-0.2, 0) is 16.1 Å². The number of nitrogens with one attached hydrogen (secondary N) is 2. The number of likely N-dealkylation sites (tertiary alicyclic amines) is 1. The molecule has 2 heterocycles. The van der Waals surface area contributed by atoms with Gasteiger partial charge in [-0.15, -0.1) is 0 Å². The van der Waals surface area contributed by atoms with Gasteiger partial charge in [0.25, 0.3) is 5.91 Å². The number of para-hydroxylation sites is 1. The Hall–Kier alpha value is -3.61. The maximum Gasteiger partial charge on any atom is 0.268 e. The molecule has 4 rings (SSSR count).